The zero-order valence-corrected chi connectivity index (χ0v) is 8.63. The number of hydrogen-bond donors (Lipinski definition) is 0. The van der Waals surface area contributed by atoms with E-state index in [1.807, 2.05) is 0 Å². The van der Waals surface area contributed by atoms with Crippen LogP contribution in [0.15, 0.2) is 0 Å². The molecule has 1 fully saturated rings. The quantitative estimate of drug-likeness (QED) is 0.587. The number of nitrogens with zero attached hydrogens (tertiary/aromatic N) is 2. The summed E-state index contributed by atoms with van der Waals surface area (Å²) in [7, 11) is 0. The molecule has 1 saturated heterocycles. The van der Waals surface area contributed by atoms with Crippen molar-refractivity contribution >= 4 is 0 Å². The average Bonchev–Trinajstić information content (AvgIpc) is 2.08. The van der Waals surface area contributed by atoms with E-state index >= 15 is 0 Å². The van der Waals surface area contributed by atoms with Crippen LogP contribution in [0, 0.1) is 17.2 Å². The van der Waals surface area contributed by atoms with Gasteiger partial charge in [0.2, 0.25) is 0 Å². The summed E-state index contributed by atoms with van der Waals surface area (Å²) in [6.07, 6.45) is 6.76. The molecule has 2 nitrogen and oxygen atoms in total. The van der Waals surface area contributed by atoms with E-state index in [0.29, 0.717) is 5.92 Å². The number of nitriles is 1. The van der Waals surface area contributed by atoms with Crippen molar-refractivity contribution in [3.8, 4) is 6.07 Å². The van der Waals surface area contributed by atoms with E-state index in [4.69, 9.17) is 5.26 Å². The zero-order valence-electron chi connectivity index (χ0n) is 8.63. The molecule has 0 aromatic rings. The maximum absolute atomic E-state index is 8.57. The Morgan fingerprint density at radius 3 is 2.54 bits per heavy atom. The molecule has 1 rings (SSSR count). The first-order valence-electron chi connectivity index (χ1n) is 5.48. The van der Waals surface area contributed by atoms with Crippen LogP contribution in [-0.2, 0) is 0 Å². The summed E-state index contributed by atoms with van der Waals surface area (Å²) in [6.45, 7) is 5.49. The summed E-state index contributed by atoms with van der Waals surface area (Å²) in [5.74, 6) is 0.329. The molecule has 0 atom stereocenters. The molecular formula is C11H20N2. The number of rotatable bonds is 6. The maximum Gasteiger partial charge on any atom is 0.0717 e. The van der Waals surface area contributed by atoms with E-state index in [-0.39, 0.29) is 0 Å². The molecular weight excluding hydrogens is 160 g/mol. The predicted molar refractivity (Wildman–Crippen MR) is 54.3 cm³/mol. The predicted octanol–water partition coefficient (Wildman–Crippen LogP) is 2.41. The van der Waals surface area contributed by atoms with Crippen LogP contribution >= 0.6 is 0 Å². The minimum absolute atomic E-state index is 0.329. The van der Waals surface area contributed by atoms with Crippen LogP contribution in [-0.4, -0.2) is 24.5 Å². The molecule has 0 N–H and O–H groups in total. The summed E-state index contributed by atoms with van der Waals surface area (Å²) >= 11 is 0. The van der Waals surface area contributed by atoms with Gasteiger partial charge in [0.1, 0.15) is 0 Å². The molecule has 2 heteroatoms. The summed E-state index contributed by atoms with van der Waals surface area (Å²) < 4.78 is 0. The SMILES string of the molecule is CCCCCCCN1CC(C#N)C1. The van der Waals surface area contributed by atoms with Crippen molar-refractivity contribution in [2.24, 2.45) is 5.92 Å². The second-order valence-electron chi connectivity index (χ2n) is 4.00. The Labute approximate surface area is 81.5 Å². The molecule has 1 heterocycles. The van der Waals surface area contributed by atoms with E-state index in [0.717, 1.165) is 13.1 Å². The normalized spacial score (nSPS) is 18.2. The van der Waals surface area contributed by atoms with Crippen molar-refractivity contribution in [2.75, 3.05) is 19.6 Å². The third-order valence-electron chi connectivity index (χ3n) is 2.72. The first-order valence-corrected chi connectivity index (χ1v) is 5.48. The summed E-state index contributed by atoms with van der Waals surface area (Å²) in [5.41, 5.74) is 0. The van der Waals surface area contributed by atoms with E-state index in [1.54, 1.807) is 0 Å². The first kappa shape index (κ1) is 10.5. The Morgan fingerprint density at radius 1 is 1.23 bits per heavy atom. The van der Waals surface area contributed by atoms with Crippen molar-refractivity contribution in [2.45, 2.75) is 39.0 Å². The smallest absolute Gasteiger partial charge is 0.0717 e. The first-order chi connectivity index (χ1) is 6.36. The Morgan fingerprint density at radius 2 is 1.92 bits per heavy atom. The van der Waals surface area contributed by atoms with Crippen molar-refractivity contribution in [1.82, 2.24) is 4.90 Å². The molecule has 0 amide bonds. The van der Waals surface area contributed by atoms with Gasteiger partial charge in [-0.15, -0.1) is 0 Å². The topological polar surface area (TPSA) is 27.0 Å². The lowest BCUT2D eigenvalue weighted by molar-refractivity contribution is 0.132. The van der Waals surface area contributed by atoms with Crippen LogP contribution in [0.1, 0.15) is 39.0 Å². The molecule has 1 aliphatic heterocycles. The van der Waals surface area contributed by atoms with Gasteiger partial charge in [-0.2, -0.15) is 5.26 Å². The fourth-order valence-electron chi connectivity index (χ4n) is 1.77. The molecule has 74 valence electrons. The number of unbranched alkanes of at least 4 members (excludes halogenated alkanes) is 4. The maximum atomic E-state index is 8.57. The van der Waals surface area contributed by atoms with Crippen molar-refractivity contribution in [3.63, 3.8) is 0 Å². The Balaban J connectivity index is 1.83. The minimum atomic E-state index is 0.329. The van der Waals surface area contributed by atoms with Gasteiger partial charge >= 0.3 is 0 Å². The van der Waals surface area contributed by atoms with Gasteiger partial charge in [-0.25, -0.2) is 0 Å². The Hall–Kier alpha value is -0.550. The lowest BCUT2D eigenvalue weighted by Crippen LogP contribution is -2.46. The van der Waals surface area contributed by atoms with Gasteiger partial charge in [0.05, 0.1) is 12.0 Å². The van der Waals surface area contributed by atoms with Crippen LogP contribution in [0.2, 0.25) is 0 Å². The third kappa shape index (κ3) is 3.78. The van der Waals surface area contributed by atoms with Crippen molar-refractivity contribution < 1.29 is 0 Å². The van der Waals surface area contributed by atoms with E-state index < -0.39 is 0 Å². The molecule has 0 saturated carbocycles. The lowest BCUT2D eigenvalue weighted by Gasteiger charge is -2.35. The van der Waals surface area contributed by atoms with Gasteiger partial charge in [0.25, 0.3) is 0 Å². The minimum Gasteiger partial charge on any atom is -0.301 e. The molecule has 0 aromatic heterocycles. The highest BCUT2D eigenvalue weighted by atomic mass is 15.2. The second kappa shape index (κ2) is 5.99. The van der Waals surface area contributed by atoms with Crippen molar-refractivity contribution in [3.05, 3.63) is 0 Å². The lowest BCUT2D eigenvalue weighted by atomic mass is 10.0. The second-order valence-corrected chi connectivity index (χ2v) is 4.00. The van der Waals surface area contributed by atoms with Gasteiger partial charge in [-0.05, 0) is 13.0 Å². The Kier molecular flexibility index (Phi) is 4.85. The van der Waals surface area contributed by atoms with Crippen LogP contribution in [0.3, 0.4) is 0 Å². The van der Waals surface area contributed by atoms with Gasteiger partial charge in [-0.1, -0.05) is 32.6 Å². The molecule has 1 aliphatic rings. The summed E-state index contributed by atoms with van der Waals surface area (Å²) in [5, 5.41) is 8.57. The average molecular weight is 180 g/mol. The highest BCUT2D eigenvalue weighted by molar-refractivity contribution is 4.94. The molecule has 0 unspecified atom stereocenters. The van der Waals surface area contributed by atoms with Crippen LogP contribution in [0.25, 0.3) is 0 Å². The fraction of sp³-hybridized carbons (Fsp3) is 0.909. The number of hydrogen-bond acceptors (Lipinski definition) is 2. The van der Waals surface area contributed by atoms with Crippen molar-refractivity contribution in [1.29, 1.82) is 5.26 Å². The molecule has 0 aliphatic carbocycles. The summed E-state index contributed by atoms with van der Waals surface area (Å²) in [4.78, 5) is 2.39. The molecule has 0 aromatic carbocycles. The van der Waals surface area contributed by atoms with Gasteiger partial charge in [-0.3, -0.25) is 0 Å². The van der Waals surface area contributed by atoms with E-state index in [1.165, 1.54) is 38.6 Å². The molecule has 0 bridgehead atoms. The highest BCUT2D eigenvalue weighted by Crippen LogP contribution is 2.15. The molecule has 0 radical (unpaired) electrons. The molecule has 0 spiro atoms. The van der Waals surface area contributed by atoms with E-state index in [9.17, 15) is 0 Å². The third-order valence-corrected chi connectivity index (χ3v) is 2.72. The van der Waals surface area contributed by atoms with Gasteiger partial charge < -0.3 is 4.90 Å². The fourth-order valence-corrected chi connectivity index (χ4v) is 1.77. The van der Waals surface area contributed by atoms with Crippen LogP contribution < -0.4 is 0 Å². The molecule has 13 heavy (non-hydrogen) atoms. The van der Waals surface area contributed by atoms with E-state index in [2.05, 4.69) is 17.9 Å². The highest BCUT2D eigenvalue weighted by Gasteiger charge is 2.24. The monoisotopic (exact) mass is 180 g/mol. The van der Waals surface area contributed by atoms with Crippen LogP contribution in [0.4, 0.5) is 0 Å². The Bertz CT molecular complexity index is 165. The largest absolute Gasteiger partial charge is 0.301 e. The van der Waals surface area contributed by atoms with Crippen LogP contribution in [0.5, 0.6) is 0 Å². The zero-order chi connectivity index (χ0) is 9.52. The van der Waals surface area contributed by atoms with Gasteiger partial charge in [0, 0.05) is 13.1 Å². The van der Waals surface area contributed by atoms with Gasteiger partial charge in [0.15, 0.2) is 0 Å². The standard InChI is InChI=1S/C11H20N2/c1-2-3-4-5-6-7-13-9-11(8-12)10-13/h11H,2-7,9-10H2,1H3. The number of likely N-dealkylation sites (tertiary alicyclic amines) is 1. The summed E-state index contributed by atoms with van der Waals surface area (Å²) in [6, 6.07) is 2.30.